The van der Waals surface area contributed by atoms with Crippen molar-refractivity contribution in [2.75, 3.05) is 0 Å². The monoisotopic (exact) mass is 377 g/mol. The molecule has 7 heteroatoms. The number of primary amides is 1. The highest BCUT2D eigenvalue weighted by atomic mass is 16.2. The van der Waals surface area contributed by atoms with E-state index < -0.39 is 11.9 Å². The molecule has 0 bridgehead atoms. The van der Waals surface area contributed by atoms with Crippen molar-refractivity contribution in [2.24, 2.45) is 5.73 Å². The Kier molecular flexibility index (Phi) is 4.58. The van der Waals surface area contributed by atoms with E-state index in [1.54, 1.807) is 30.5 Å². The molecule has 2 aromatic heterocycles. The number of hydrogen-bond donors (Lipinski definition) is 2. The lowest BCUT2D eigenvalue weighted by Gasteiger charge is -2.17. The molecular weight excluding hydrogens is 354 g/mol. The maximum atomic E-state index is 13.1. The van der Waals surface area contributed by atoms with Crippen molar-refractivity contribution in [3.8, 4) is 0 Å². The zero-order valence-electron chi connectivity index (χ0n) is 15.9. The van der Waals surface area contributed by atoms with Crippen LogP contribution in [0.3, 0.4) is 0 Å². The van der Waals surface area contributed by atoms with Crippen molar-refractivity contribution in [3.05, 3.63) is 59.4 Å². The zero-order chi connectivity index (χ0) is 19.8. The second-order valence-electron chi connectivity index (χ2n) is 7.51. The predicted octanol–water partition coefficient (Wildman–Crippen LogP) is 2.85. The van der Waals surface area contributed by atoms with Crippen molar-refractivity contribution in [1.82, 2.24) is 20.1 Å². The summed E-state index contributed by atoms with van der Waals surface area (Å²) in [6, 6.07) is 10.0. The molecule has 1 aromatic carbocycles. The molecule has 1 unspecified atom stereocenters. The first kappa shape index (κ1) is 18.2. The topological polar surface area (TPSA) is 103 Å². The predicted molar refractivity (Wildman–Crippen MR) is 106 cm³/mol. The zero-order valence-corrected chi connectivity index (χ0v) is 15.9. The van der Waals surface area contributed by atoms with Gasteiger partial charge in [-0.3, -0.25) is 9.59 Å². The van der Waals surface area contributed by atoms with Gasteiger partial charge in [-0.1, -0.05) is 30.3 Å². The van der Waals surface area contributed by atoms with Crippen LogP contribution in [0.4, 0.5) is 0 Å². The summed E-state index contributed by atoms with van der Waals surface area (Å²) in [6.45, 7) is 4.05. The molecule has 7 nitrogen and oxygen atoms in total. The first-order valence-corrected chi connectivity index (χ1v) is 9.49. The lowest BCUT2D eigenvalue weighted by Crippen LogP contribution is -2.37. The highest BCUT2D eigenvalue weighted by Gasteiger charge is 2.29. The fourth-order valence-corrected chi connectivity index (χ4v) is 3.36. The van der Waals surface area contributed by atoms with Gasteiger partial charge < -0.3 is 11.1 Å². The fraction of sp³-hybridized carbons (Fsp3) is 0.333. The molecule has 1 aliphatic rings. The van der Waals surface area contributed by atoms with Crippen LogP contribution in [0.2, 0.25) is 0 Å². The molecule has 144 valence electrons. The van der Waals surface area contributed by atoms with Gasteiger partial charge in [-0.15, -0.1) is 0 Å². The summed E-state index contributed by atoms with van der Waals surface area (Å²) in [5.74, 6) is -0.581. The molecule has 1 aliphatic carbocycles. The van der Waals surface area contributed by atoms with E-state index in [-0.39, 0.29) is 11.9 Å². The minimum atomic E-state index is -0.901. The summed E-state index contributed by atoms with van der Waals surface area (Å²) < 4.78 is 1.82. The highest BCUT2D eigenvalue weighted by molar-refractivity contribution is 6.07. The Hall–Kier alpha value is -3.22. The molecule has 0 spiro atoms. The van der Waals surface area contributed by atoms with Crippen LogP contribution in [0.1, 0.15) is 66.3 Å². The van der Waals surface area contributed by atoms with Crippen molar-refractivity contribution in [2.45, 2.75) is 44.7 Å². The minimum Gasteiger partial charge on any atom is -0.368 e. The van der Waals surface area contributed by atoms with E-state index in [1.807, 2.05) is 30.7 Å². The molecule has 3 N–H and O–H groups in total. The molecule has 0 saturated heterocycles. The third-order valence-corrected chi connectivity index (χ3v) is 5.01. The van der Waals surface area contributed by atoms with Crippen molar-refractivity contribution >= 4 is 22.8 Å². The molecule has 1 saturated carbocycles. The number of fused-ring (bicyclic) bond motifs is 1. The molecule has 0 aliphatic heterocycles. The molecular formula is C21H23N5O2. The van der Waals surface area contributed by atoms with Gasteiger partial charge in [0.05, 0.1) is 17.1 Å². The summed E-state index contributed by atoms with van der Waals surface area (Å²) >= 11 is 0. The lowest BCUT2D eigenvalue weighted by molar-refractivity contribution is -0.120. The van der Waals surface area contributed by atoms with Gasteiger partial charge in [-0.2, -0.15) is 5.10 Å². The number of nitrogens with two attached hydrogens (primary N) is 1. The van der Waals surface area contributed by atoms with E-state index in [1.165, 1.54) is 0 Å². The Morgan fingerprint density at radius 1 is 1.21 bits per heavy atom. The number of hydrogen-bond acceptors (Lipinski definition) is 4. The maximum absolute atomic E-state index is 13.1. The average Bonchev–Trinajstić information content (AvgIpc) is 3.44. The summed E-state index contributed by atoms with van der Waals surface area (Å²) in [5, 5.41) is 7.87. The number of nitrogens with one attached hydrogen (secondary N) is 1. The standard InChI is InChI=1S/C21H23N5O2/c1-12(2)26-20-16(11-23-26)15(10-17(24-20)13-8-9-13)21(28)25-18(19(22)27)14-6-4-3-5-7-14/h3-7,10-13,18H,8-9H2,1-2H3,(H2,22,27)(H,25,28). The van der Waals surface area contributed by atoms with Crippen molar-refractivity contribution in [1.29, 1.82) is 0 Å². The number of carbonyl (C=O) groups excluding carboxylic acids is 2. The minimum absolute atomic E-state index is 0.123. The van der Waals surface area contributed by atoms with E-state index in [9.17, 15) is 9.59 Å². The van der Waals surface area contributed by atoms with E-state index >= 15 is 0 Å². The van der Waals surface area contributed by atoms with E-state index in [0.717, 1.165) is 18.5 Å². The number of carbonyl (C=O) groups is 2. The smallest absolute Gasteiger partial charge is 0.253 e. The van der Waals surface area contributed by atoms with Crippen LogP contribution in [-0.4, -0.2) is 26.6 Å². The van der Waals surface area contributed by atoms with Gasteiger partial charge in [-0.05, 0) is 38.3 Å². The Balaban J connectivity index is 1.75. The fourth-order valence-electron chi connectivity index (χ4n) is 3.36. The Bertz CT molecular complexity index is 1040. The number of nitrogens with zero attached hydrogens (tertiary/aromatic N) is 3. The van der Waals surface area contributed by atoms with Gasteiger partial charge >= 0.3 is 0 Å². The molecule has 0 radical (unpaired) electrons. The number of benzene rings is 1. The number of pyridine rings is 1. The second kappa shape index (κ2) is 7.07. The van der Waals surface area contributed by atoms with Crippen LogP contribution >= 0.6 is 0 Å². The van der Waals surface area contributed by atoms with E-state index in [0.29, 0.717) is 28.1 Å². The van der Waals surface area contributed by atoms with Gasteiger partial charge in [0.1, 0.15) is 6.04 Å². The SMILES string of the molecule is CC(C)n1ncc2c(C(=O)NC(C(N)=O)c3ccccc3)cc(C3CC3)nc21. The summed E-state index contributed by atoms with van der Waals surface area (Å²) in [4.78, 5) is 29.9. The number of amides is 2. The van der Waals surface area contributed by atoms with Crippen LogP contribution < -0.4 is 11.1 Å². The average molecular weight is 377 g/mol. The lowest BCUT2D eigenvalue weighted by atomic mass is 10.0. The van der Waals surface area contributed by atoms with Gasteiger partial charge in [0.2, 0.25) is 5.91 Å². The van der Waals surface area contributed by atoms with Crippen molar-refractivity contribution in [3.63, 3.8) is 0 Å². The van der Waals surface area contributed by atoms with Crippen LogP contribution in [0.5, 0.6) is 0 Å². The Morgan fingerprint density at radius 3 is 2.54 bits per heavy atom. The summed E-state index contributed by atoms with van der Waals surface area (Å²) in [6.07, 6.45) is 3.81. The van der Waals surface area contributed by atoms with Crippen LogP contribution in [0, 0.1) is 0 Å². The van der Waals surface area contributed by atoms with Crippen molar-refractivity contribution < 1.29 is 9.59 Å². The first-order valence-electron chi connectivity index (χ1n) is 9.49. The molecule has 4 rings (SSSR count). The van der Waals surface area contributed by atoms with Crippen LogP contribution in [0.15, 0.2) is 42.6 Å². The second-order valence-corrected chi connectivity index (χ2v) is 7.51. The largest absolute Gasteiger partial charge is 0.368 e. The van der Waals surface area contributed by atoms with E-state index in [2.05, 4.69) is 10.4 Å². The van der Waals surface area contributed by atoms with Gasteiger partial charge in [0.15, 0.2) is 5.65 Å². The molecule has 1 atom stereocenters. The quantitative estimate of drug-likeness (QED) is 0.689. The van der Waals surface area contributed by atoms with Gasteiger partial charge in [-0.25, -0.2) is 9.67 Å². The van der Waals surface area contributed by atoms with Crippen LogP contribution in [-0.2, 0) is 4.79 Å². The number of aromatic nitrogens is 3. The summed E-state index contributed by atoms with van der Waals surface area (Å²) in [7, 11) is 0. The molecule has 2 amide bonds. The normalized spacial score (nSPS) is 15.0. The third kappa shape index (κ3) is 3.35. The maximum Gasteiger partial charge on any atom is 0.253 e. The third-order valence-electron chi connectivity index (χ3n) is 5.01. The van der Waals surface area contributed by atoms with Gasteiger partial charge in [0, 0.05) is 17.7 Å². The van der Waals surface area contributed by atoms with Crippen LogP contribution in [0.25, 0.3) is 11.0 Å². The molecule has 2 heterocycles. The highest BCUT2D eigenvalue weighted by Crippen LogP contribution is 2.40. The summed E-state index contributed by atoms with van der Waals surface area (Å²) in [5.41, 5.74) is 8.27. The molecule has 28 heavy (non-hydrogen) atoms. The molecule has 1 fully saturated rings. The van der Waals surface area contributed by atoms with E-state index in [4.69, 9.17) is 10.7 Å². The Labute approximate surface area is 162 Å². The molecule has 3 aromatic rings. The Morgan fingerprint density at radius 2 is 1.93 bits per heavy atom. The first-order chi connectivity index (χ1) is 13.5. The van der Waals surface area contributed by atoms with Gasteiger partial charge in [0.25, 0.3) is 5.91 Å². The number of rotatable bonds is 6.